The second-order valence-corrected chi connectivity index (χ2v) is 6.87. The summed E-state index contributed by atoms with van der Waals surface area (Å²) in [7, 11) is 0. The summed E-state index contributed by atoms with van der Waals surface area (Å²) < 4.78 is 0.842. The van der Waals surface area contributed by atoms with E-state index in [1.807, 2.05) is 6.07 Å². The molecule has 0 saturated heterocycles. The Bertz CT molecular complexity index is 678. The highest BCUT2D eigenvalue weighted by Gasteiger charge is 2.24. The zero-order valence-electron chi connectivity index (χ0n) is 9.36. The number of benzene rings is 1. The number of halogens is 3. The highest BCUT2D eigenvalue weighted by molar-refractivity contribution is 9.11. The Balaban J connectivity index is 2.40. The fraction of sp³-hybridized carbons (Fsp3) is 0.0769. The molecule has 0 radical (unpaired) electrons. The molecule has 96 valence electrons. The Hall–Kier alpha value is -0.860. The molecule has 0 N–H and O–H groups in total. The molecule has 2 nitrogen and oxygen atoms in total. The van der Waals surface area contributed by atoms with Crippen LogP contribution < -0.4 is 0 Å². The summed E-state index contributed by atoms with van der Waals surface area (Å²) in [6.07, 6.45) is 0. The van der Waals surface area contributed by atoms with Crippen LogP contribution in [-0.2, 0) is 0 Å². The Morgan fingerprint density at radius 1 is 1.37 bits per heavy atom. The number of thiophene rings is 1. The lowest BCUT2D eigenvalue weighted by Crippen LogP contribution is -2.10. The molecule has 19 heavy (non-hydrogen) atoms. The lowest BCUT2D eigenvalue weighted by Gasteiger charge is -2.09. The highest BCUT2D eigenvalue weighted by Crippen LogP contribution is 2.31. The SMILES string of the molecule is N#CC(C(=O)c1csc(Br)c1)c1ccc(Cl)cc1Cl. The van der Waals surface area contributed by atoms with Gasteiger partial charge in [-0.05, 0) is 39.7 Å². The molecular formula is C13H6BrCl2NOS. The maximum Gasteiger partial charge on any atom is 0.185 e. The third-order valence-corrected chi connectivity index (χ3v) is 4.58. The zero-order valence-corrected chi connectivity index (χ0v) is 13.3. The fourth-order valence-electron chi connectivity index (χ4n) is 1.61. The van der Waals surface area contributed by atoms with Crippen molar-refractivity contribution >= 4 is 56.3 Å². The van der Waals surface area contributed by atoms with Crippen LogP contribution in [0.2, 0.25) is 10.0 Å². The summed E-state index contributed by atoms with van der Waals surface area (Å²) in [6.45, 7) is 0. The maximum absolute atomic E-state index is 12.3. The molecule has 1 heterocycles. The largest absolute Gasteiger partial charge is 0.292 e. The predicted octanol–water partition coefficient (Wildman–Crippen LogP) is 5.31. The van der Waals surface area contributed by atoms with Crippen LogP contribution in [0.1, 0.15) is 21.8 Å². The summed E-state index contributed by atoms with van der Waals surface area (Å²) in [4.78, 5) is 12.3. The molecule has 2 rings (SSSR count). The monoisotopic (exact) mass is 373 g/mol. The molecule has 0 bridgehead atoms. The highest BCUT2D eigenvalue weighted by atomic mass is 79.9. The molecule has 0 spiro atoms. The number of Topliss-reactive ketones (excluding diaryl/α,β-unsaturated/α-hetero) is 1. The lowest BCUT2D eigenvalue weighted by atomic mass is 9.93. The van der Waals surface area contributed by atoms with Crippen molar-refractivity contribution in [2.45, 2.75) is 5.92 Å². The van der Waals surface area contributed by atoms with Gasteiger partial charge in [-0.3, -0.25) is 4.79 Å². The van der Waals surface area contributed by atoms with E-state index in [-0.39, 0.29) is 5.78 Å². The number of carbonyl (C=O) groups excluding carboxylic acids is 1. The number of hydrogen-bond donors (Lipinski definition) is 0. The molecule has 1 aromatic heterocycles. The van der Waals surface area contributed by atoms with Crippen molar-refractivity contribution in [1.82, 2.24) is 0 Å². The summed E-state index contributed by atoms with van der Waals surface area (Å²) in [5.41, 5.74) is 0.968. The van der Waals surface area contributed by atoms with E-state index in [1.165, 1.54) is 17.4 Å². The first-order valence-electron chi connectivity index (χ1n) is 5.15. The minimum absolute atomic E-state index is 0.270. The van der Waals surface area contributed by atoms with Gasteiger partial charge < -0.3 is 0 Å². The molecule has 0 saturated carbocycles. The average molecular weight is 375 g/mol. The van der Waals surface area contributed by atoms with Gasteiger partial charge in [0.05, 0.1) is 9.86 Å². The Morgan fingerprint density at radius 2 is 2.11 bits per heavy atom. The van der Waals surface area contributed by atoms with Gasteiger partial charge in [-0.15, -0.1) is 11.3 Å². The topological polar surface area (TPSA) is 40.9 Å². The van der Waals surface area contributed by atoms with Gasteiger partial charge in [0.25, 0.3) is 0 Å². The van der Waals surface area contributed by atoms with Crippen LogP contribution in [0.25, 0.3) is 0 Å². The van der Waals surface area contributed by atoms with Crippen molar-refractivity contribution in [3.05, 3.63) is 54.6 Å². The first-order chi connectivity index (χ1) is 9.02. The van der Waals surface area contributed by atoms with Crippen LogP contribution >= 0.6 is 50.5 Å². The Labute approximate surface area is 132 Å². The van der Waals surface area contributed by atoms with Crippen molar-refractivity contribution < 1.29 is 4.79 Å². The number of ketones is 1. The van der Waals surface area contributed by atoms with Gasteiger partial charge in [0.15, 0.2) is 5.78 Å². The minimum Gasteiger partial charge on any atom is -0.292 e. The van der Waals surface area contributed by atoms with Gasteiger partial charge >= 0.3 is 0 Å². The first-order valence-corrected chi connectivity index (χ1v) is 7.58. The van der Waals surface area contributed by atoms with E-state index in [4.69, 9.17) is 23.2 Å². The fourth-order valence-corrected chi connectivity index (χ4v) is 3.27. The Morgan fingerprint density at radius 3 is 2.63 bits per heavy atom. The summed E-state index contributed by atoms with van der Waals surface area (Å²) in [5, 5.41) is 11.7. The molecule has 1 aromatic carbocycles. The minimum atomic E-state index is -0.925. The lowest BCUT2D eigenvalue weighted by molar-refractivity contribution is 0.0979. The van der Waals surface area contributed by atoms with E-state index in [9.17, 15) is 10.1 Å². The van der Waals surface area contributed by atoms with Crippen LogP contribution in [0.4, 0.5) is 0 Å². The number of rotatable bonds is 3. The van der Waals surface area contributed by atoms with E-state index < -0.39 is 5.92 Å². The van der Waals surface area contributed by atoms with E-state index in [2.05, 4.69) is 15.9 Å². The zero-order chi connectivity index (χ0) is 14.0. The second-order valence-electron chi connectivity index (χ2n) is 3.73. The van der Waals surface area contributed by atoms with E-state index >= 15 is 0 Å². The molecule has 0 aliphatic rings. The van der Waals surface area contributed by atoms with Gasteiger partial charge in [0.1, 0.15) is 5.92 Å². The van der Waals surface area contributed by atoms with Gasteiger partial charge in [-0.1, -0.05) is 29.3 Å². The van der Waals surface area contributed by atoms with Crippen LogP contribution in [0.3, 0.4) is 0 Å². The van der Waals surface area contributed by atoms with Crippen molar-refractivity contribution in [3.63, 3.8) is 0 Å². The average Bonchev–Trinajstić information content (AvgIpc) is 2.79. The number of carbonyl (C=O) groups is 1. The smallest absolute Gasteiger partial charge is 0.185 e. The van der Waals surface area contributed by atoms with Crippen LogP contribution in [0, 0.1) is 11.3 Å². The molecule has 0 aliphatic heterocycles. The van der Waals surface area contributed by atoms with Crippen molar-refractivity contribution in [1.29, 1.82) is 5.26 Å². The van der Waals surface area contributed by atoms with Gasteiger partial charge in [-0.2, -0.15) is 5.26 Å². The van der Waals surface area contributed by atoms with Gasteiger partial charge in [0.2, 0.25) is 0 Å². The first kappa shape index (κ1) is 14.5. The van der Waals surface area contributed by atoms with Crippen molar-refractivity contribution in [3.8, 4) is 6.07 Å². The summed E-state index contributed by atoms with van der Waals surface area (Å²) >= 11 is 16.5. The van der Waals surface area contributed by atoms with Crippen LogP contribution in [0.5, 0.6) is 0 Å². The van der Waals surface area contributed by atoms with Crippen LogP contribution in [0.15, 0.2) is 33.4 Å². The molecule has 0 fully saturated rings. The van der Waals surface area contributed by atoms with Crippen LogP contribution in [-0.4, -0.2) is 5.78 Å². The van der Waals surface area contributed by atoms with Crippen molar-refractivity contribution in [2.24, 2.45) is 0 Å². The molecule has 6 heteroatoms. The third-order valence-electron chi connectivity index (χ3n) is 2.52. The number of nitrogens with zero attached hydrogens (tertiary/aromatic N) is 1. The standard InChI is InChI=1S/C13H6BrCl2NOS/c14-12-3-7(6-19-12)13(18)10(5-17)9-2-1-8(15)4-11(9)16/h1-4,6,10H. The number of nitriles is 1. The molecular weight excluding hydrogens is 369 g/mol. The Kier molecular flexibility index (Phi) is 4.64. The molecule has 2 aromatic rings. The van der Waals surface area contributed by atoms with Crippen molar-refractivity contribution in [2.75, 3.05) is 0 Å². The summed E-state index contributed by atoms with van der Waals surface area (Å²) in [5.74, 6) is -1.19. The van der Waals surface area contributed by atoms with Gasteiger partial charge in [-0.25, -0.2) is 0 Å². The maximum atomic E-state index is 12.3. The number of hydrogen-bond acceptors (Lipinski definition) is 3. The van der Waals surface area contributed by atoms with E-state index in [1.54, 1.807) is 23.6 Å². The van der Waals surface area contributed by atoms with E-state index in [0.29, 0.717) is 21.2 Å². The van der Waals surface area contributed by atoms with Gasteiger partial charge in [0, 0.05) is 21.0 Å². The molecule has 0 amide bonds. The normalized spacial score (nSPS) is 11.9. The second kappa shape index (κ2) is 6.06. The third kappa shape index (κ3) is 3.18. The van der Waals surface area contributed by atoms with E-state index in [0.717, 1.165) is 3.79 Å². The quantitative estimate of drug-likeness (QED) is 0.683. The molecule has 0 aliphatic carbocycles. The molecule has 1 unspecified atom stereocenters. The predicted molar refractivity (Wildman–Crippen MR) is 81.2 cm³/mol. The summed E-state index contributed by atoms with van der Waals surface area (Å²) in [6, 6.07) is 8.45. The molecule has 1 atom stereocenters.